The minimum Gasteiger partial charge on any atom is -0.0885 e. The molecule has 0 aliphatic carbocycles. The predicted molar refractivity (Wildman–Crippen MR) is 442 cm³/mol. The summed E-state index contributed by atoms with van der Waals surface area (Å²) < 4.78 is 23.6. The fourth-order valence-corrected chi connectivity index (χ4v) is 259. The first kappa shape index (κ1) is 97.2. The second-order valence-electron chi connectivity index (χ2n) is 27.4. The van der Waals surface area contributed by atoms with Crippen LogP contribution < -0.4 is 0 Å². The molecule has 0 rings (SSSR count). The quantitative estimate of drug-likeness (QED) is 0.0190. The van der Waals surface area contributed by atoms with Crippen molar-refractivity contribution in [1.82, 2.24) is 0 Å². The van der Waals surface area contributed by atoms with Gasteiger partial charge in [-0.05, 0) is 51.4 Å². The molecule has 0 heterocycles. The number of carbonyl (C=O) groups excluding carboxylic acids is 4. The van der Waals surface area contributed by atoms with E-state index in [1.165, 1.54) is 231 Å². The molecular weight excluding hydrogens is 1510 g/mol. The maximum absolute atomic E-state index is 13.0. The summed E-state index contributed by atoms with van der Waals surface area (Å²) in [6, 6.07) is 0. The van der Waals surface area contributed by atoms with Crippen LogP contribution in [0.1, 0.15) is 387 Å². The number of allylic oxidation sites excluding steroid dienone is 8. The average molecular weight is 1670 g/mol. The molecule has 0 atom stereocenters. The van der Waals surface area contributed by atoms with E-state index in [9.17, 15) is 19.2 Å². The molecule has 0 spiro atoms. The van der Waals surface area contributed by atoms with Crippen LogP contribution in [0.2, 0.25) is 9.88 Å². The summed E-state index contributed by atoms with van der Waals surface area (Å²) in [5, 5.41) is 0. The molecule has 0 radical (unpaired) electrons. The van der Waals surface area contributed by atoms with Crippen LogP contribution in [-0.2, 0) is 38.1 Å². The summed E-state index contributed by atoms with van der Waals surface area (Å²) in [6.07, 6.45) is 87.0. The fourth-order valence-electron chi connectivity index (χ4n) is 11.7. The van der Waals surface area contributed by atoms with Gasteiger partial charge in [0.25, 0.3) is 0 Å². The number of hydrogen-bond donors (Lipinski definition) is 0. The molecule has 0 aromatic heterocycles. The van der Waals surface area contributed by atoms with Gasteiger partial charge in [-0.1, -0.05) is 205 Å². The Kier molecular flexibility index (Phi) is 78.9. The number of esters is 4. The molecule has 0 fully saturated rings. The van der Waals surface area contributed by atoms with Gasteiger partial charge in [-0.25, -0.2) is 0 Å². The Hall–Kier alpha value is 0.187. The molecule has 0 saturated heterocycles. The zero-order valence-electron chi connectivity index (χ0n) is 64.2. The van der Waals surface area contributed by atoms with E-state index in [0.717, 1.165) is 126 Å². The molecule has 8 nitrogen and oxygen atoms in total. The van der Waals surface area contributed by atoms with Crippen LogP contribution in [0.15, 0.2) is 48.6 Å². The Morgan fingerprint density at radius 1 is 0.237 bits per heavy atom. The monoisotopic (exact) mass is 1670 g/mol. The van der Waals surface area contributed by atoms with Gasteiger partial charge in [0.05, 0.1) is 0 Å². The SMILES string of the molecule is CCCCCCCC/C=C\CCCCCCCC(=O)OCC[S][Sn]([CH3])([S]CCOC(=O)CCCCCCC/C=C\CCCCCCCC)[S][Sn]([CH3])([S]CCOC(=O)CCCCCCC/C=C\CCCCCCCC)[S]CCOC(=O)CCCCCCC/C=C\CCCCCCCC. The van der Waals surface area contributed by atoms with Gasteiger partial charge in [0.2, 0.25) is 0 Å². The van der Waals surface area contributed by atoms with Crippen molar-refractivity contribution in [1.29, 1.82) is 0 Å². The minimum atomic E-state index is -3.21. The van der Waals surface area contributed by atoms with Gasteiger partial charge in [0.1, 0.15) is 0 Å². The van der Waals surface area contributed by atoms with Gasteiger partial charge in [-0.3, -0.25) is 0 Å². The van der Waals surface area contributed by atoms with E-state index in [1.807, 2.05) is 35.8 Å². The van der Waals surface area contributed by atoms with E-state index >= 15 is 0 Å². The Morgan fingerprint density at radius 3 is 0.567 bits per heavy atom. The molecule has 0 amide bonds. The van der Waals surface area contributed by atoms with E-state index in [-0.39, 0.29) is 23.9 Å². The van der Waals surface area contributed by atoms with Gasteiger partial charge in [0, 0.05) is 0 Å². The molecule has 0 aliphatic rings. The first-order valence-corrected chi connectivity index (χ1v) is 72.4. The molecule has 0 aromatic rings. The molecule has 0 saturated carbocycles. The van der Waals surface area contributed by atoms with E-state index in [1.54, 1.807) is 0 Å². The van der Waals surface area contributed by atoms with E-state index in [0.29, 0.717) is 52.1 Å². The zero-order chi connectivity index (χ0) is 70.6. The van der Waals surface area contributed by atoms with Crippen molar-refractivity contribution >= 4 is 94.2 Å². The smallest absolute Gasteiger partial charge is 0.0885 e. The van der Waals surface area contributed by atoms with Crippen molar-refractivity contribution in [3.8, 4) is 0 Å². The molecular formula is C82H154O8S5Sn2. The number of rotatable bonds is 78. The Labute approximate surface area is 621 Å². The fraction of sp³-hybridized carbons (Fsp3) is 0.854. The van der Waals surface area contributed by atoms with Gasteiger partial charge in [-0.2, -0.15) is 0 Å². The summed E-state index contributed by atoms with van der Waals surface area (Å²) in [6.45, 7) is 10.7. The van der Waals surface area contributed by atoms with Crippen molar-refractivity contribution in [2.45, 2.75) is 397 Å². The van der Waals surface area contributed by atoms with E-state index < -0.39 is 28.5 Å². The molecule has 0 aromatic carbocycles. The second kappa shape index (κ2) is 78.8. The molecule has 97 heavy (non-hydrogen) atoms. The topological polar surface area (TPSA) is 105 Å². The van der Waals surface area contributed by atoms with Crippen LogP contribution in [0.4, 0.5) is 0 Å². The number of unbranched alkanes of at least 4 members (excludes halogenated alkanes) is 44. The third-order valence-electron chi connectivity index (χ3n) is 17.8. The zero-order valence-corrected chi connectivity index (χ0v) is 74.0. The first-order chi connectivity index (χ1) is 47.5. The standard InChI is InChI=1S/4C20H38O2S.2CH3.S.2Sn/c4*1-2-3-4-5-6-7-8-9-10-11-12-13-14-15-16-17-20(21)22-18-19-23;;;;;/h4*9-10,23H,2-8,11-19H2,1H3;2*1H3;;;/q;;;;;;;2*+2/p-4/b4*10-9-;;;;;. The van der Waals surface area contributed by atoms with E-state index in [4.69, 9.17) is 18.9 Å². The molecule has 568 valence electrons. The summed E-state index contributed by atoms with van der Waals surface area (Å²) >= 11 is -6.41. The molecule has 0 N–H and O–H groups in total. The van der Waals surface area contributed by atoms with Crippen LogP contribution in [0.3, 0.4) is 0 Å². The van der Waals surface area contributed by atoms with Crippen LogP contribution in [0, 0.1) is 0 Å². The van der Waals surface area contributed by atoms with Crippen LogP contribution in [0.25, 0.3) is 0 Å². The minimum absolute atomic E-state index is 0.0951. The van der Waals surface area contributed by atoms with Crippen molar-refractivity contribution in [3.63, 3.8) is 0 Å². The Bertz CT molecular complexity index is 1610. The van der Waals surface area contributed by atoms with Gasteiger partial charge >= 0.3 is 371 Å². The van der Waals surface area contributed by atoms with Crippen molar-refractivity contribution in [3.05, 3.63) is 48.6 Å². The second-order valence-corrected chi connectivity index (χ2v) is 107. The maximum atomic E-state index is 13.0. The van der Waals surface area contributed by atoms with Crippen molar-refractivity contribution in [2.75, 3.05) is 49.4 Å². The molecule has 0 aliphatic heterocycles. The summed E-state index contributed by atoms with van der Waals surface area (Å²) in [5.74, 6) is 2.62. The third-order valence-corrected chi connectivity index (χ3v) is 160. The first-order valence-electron chi connectivity index (χ1n) is 41.0. The van der Waals surface area contributed by atoms with Crippen LogP contribution in [-0.4, -0.2) is 102 Å². The average Bonchev–Trinajstić information content (AvgIpc) is 0.895. The Balaban J connectivity index is 5.55. The molecule has 0 bridgehead atoms. The number of hydrogen-bond acceptors (Lipinski definition) is 13. The number of ether oxygens (including phenoxy) is 4. The van der Waals surface area contributed by atoms with Gasteiger partial charge < -0.3 is 0 Å². The summed E-state index contributed by atoms with van der Waals surface area (Å²) in [7, 11) is 8.10. The predicted octanol–water partition coefficient (Wildman–Crippen LogP) is 28.1. The number of carbonyl (C=O) groups is 4. The van der Waals surface area contributed by atoms with Crippen LogP contribution in [0.5, 0.6) is 0 Å². The van der Waals surface area contributed by atoms with Crippen LogP contribution >= 0.6 is 41.9 Å². The third kappa shape index (κ3) is 75.7. The normalized spacial score (nSPS) is 12.2. The molecule has 15 heteroatoms. The van der Waals surface area contributed by atoms with Gasteiger partial charge in [-0.15, -0.1) is 0 Å². The van der Waals surface area contributed by atoms with Gasteiger partial charge in [0.15, 0.2) is 0 Å². The summed E-state index contributed by atoms with van der Waals surface area (Å²) in [5.41, 5.74) is 0. The summed E-state index contributed by atoms with van der Waals surface area (Å²) in [4.78, 5) is 57.1. The van der Waals surface area contributed by atoms with Crippen molar-refractivity contribution < 1.29 is 38.1 Å². The Morgan fingerprint density at radius 2 is 0.392 bits per heavy atom. The van der Waals surface area contributed by atoms with Crippen molar-refractivity contribution in [2.24, 2.45) is 0 Å². The van der Waals surface area contributed by atoms with E-state index in [2.05, 4.69) is 92.3 Å². The molecule has 0 unspecified atom stereocenters.